The Morgan fingerprint density at radius 1 is 1.11 bits per heavy atom. The molecule has 2 saturated carbocycles. The number of anilines is 1. The van der Waals surface area contributed by atoms with Crippen molar-refractivity contribution in [3.8, 4) is 35.0 Å². The summed E-state index contributed by atoms with van der Waals surface area (Å²) in [5.74, 6) is 5.28. The first kappa shape index (κ1) is 43.8. The van der Waals surface area contributed by atoms with E-state index in [-0.39, 0.29) is 35.0 Å². The van der Waals surface area contributed by atoms with E-state index in [1.54, 1.807) is 20.0 Å². The van der Waals surface area contributed by atoms with Crippen LogP contribution in [-0.2, 0) is 22.4 Å². The number of aliphatic hydroxyl groups is 1. The molecule has 312 valence electrons. The van der Waals surface area contributed by atoms with Crippen LogP contribution in [0.3, 0.4) is 0 Å². The Hall–Kier alpha value is -4.28. The van der Waals surface area contributed by atoms with Crippen LogP contribution in [0, 0.1) is 41.1 Å². The van der Waals surface area contributed by atoms with E-state index in [0.29, 0.717) is 74.8 Å². The number of aromatic hydroxyl groups is 2. The van der Waals surface area contributed by atoms with Gasteiger partial charge < -0.3 is 40.2 Å². The number of allylic oxidation sites excluding steroid dienone is 2. The van der Waals surface area contributed by atoms with Gasteiger partial charge in [-0.1, -0.05) is 38.3 Å². The summed E-state index contributed by atoms with van der Waals surface area (Å²) >= 11 is 0. The molecular weight excluding hydrogens is 723 g/mol. The second kappa shape index (κ2) is 20.4. The number of hydrogen-bond acceptors (Lipinski definition) is 10. The van der Waals surface area contributed by atoms with Gasteiger partial charge >= 0.3 is 0 Å². The summed E-state index contributed by atoms with van der Waals surface area (Å²) in [6.45, 7) is 8.18. The van der Waals surface area contributed by atoms with Crippen molar-refractivity contribution in [2.24, 2.45) is 34.1 Å². The lowest BCUT2D eigenvalue weighted by atomic mass is 9.68. The van der Waals surface area contributed by atoms with Crippen LogP contribution >= 0.6 is 0 Å². The molecule has 0 spiro atoms. The van der Waals surface area contributed by atoms with Crippen LogP contribution < -0.4 is 30.7 Å². The fourth-order valence-corrected chi connectivity index (χ4v) is 8.91. The third kappa shape index (κ3) is 11.4. The van der Waals surface area contributed by atoms with Crippen molar-refractivity contribution in [2.45, 2.75) is 96.7 Å². The number of carbonyl (C=O) groups is 1. The molecule has 5 rings (SSSR count). The first-order valence-electron chi connectivity index (χ1n) is 20.6. The van der Waals surface area contributed by atoms with Crippen molar-refractivity contribution in [1.82, 2.24) is 16.0 Å². The van der Waals surface area contributed by atoms with Crippen LogP contribution in [0.4, 0.5) is 5.69 Å². The molecule has 2 bridgehead atoms. The number of benzene rings is 2. The number of phenolic OH excluding ortho intramolecular Hbond substituents is 2. The molecule has 1 heterocycles. The summed E-state index contributed by atoms with van der Waals surface area (Å²) in [5, 5.41) is 44.4. The first-order chi connectivity index (χ1) is 27.4. The van der Waals surface area contributed by atoms with Crippen molar-refractivity contribution >= 4 is 17.4 Å². The molecule has 0 radical (unpaired) electrons. The molecule has 12 nitrogen and oxygen atoms in total. The number of rotatable bonds is 15. The predicted molar refractivity (Wildman–Crippen MR) is 225 cm³/mol. The topological polar surface area (TPSA) is 166 Å². The van der Waals surface area contributed by atoms with Gasteiger partial charge in [0.1, 0.15) is 5.60 Å². The van der Waals surface area contributed by atoms with Gasteiger partial charge in [-0.3, -0.25) is 20.4 Å². The van der Waals surface area contributed by atoms with Crippen molar-refractivity contribution in [3.05, 3.63) is 53.6 Å². The summed E-state index contributed by atoms with van der Waals surface area (Å²) in [6.07, 6.45) is 11.2. The number of ketones is 1. The Balaban J connectivity index is 1.44. The number of ether oxygens (including phenoxy) is 3. The molecule has 6 unspecified atom stereocenters. The molecule has 0 saturated heterocycles. The monoisotopic (exact) mass is 787 g/mol. The van der Waals surface area contributed by atoms with Crippen molar-refractivity contribution in [1.29, 1.82) is 0 Å². The van der Waals surface area contributed by atoms with Crippen LogP contribution in [0.1, 0.15) is 83.3 Å². The molecule has 12 heteroatoms. The smallest absolute Gasteiger partial charge is 0.207 e. The number of fused-ring (bicyclic) bond motifs is 3. The van der Waals surface area contributed by atoms with Gasteiger partial charge in [-0.25, -0.2) is 0 Å². The number of likely N-dealkylation sites (N-methyl/N-ethyl adjacent to an activating group) is 1. The average Bonchev–Trinajstić information content (AvgIpc) is 3.78. The summed E-state index contributed by atoms with van der Waals surface area (Å²) < 4.78 is 18.1. The SMILES string of the molecule is CN=C1NC#CCC2CCCC2(Cc2ccc(O)c(OC)c2)C(=O)C=CC(C(C)C)Cc2cc(c(O)c(OC3(CNC)CCC(CCOCNCC(C)O)C3)c2)N1. The molecule has 0 amide bonds. The van der Waals surface area contributed by atoms with Gasteiger partial charge in [0.05, 0.1) is 25.6 Å². The minimum Gasteiger partial charge on any atom is -0.504 e. The normalized spacial score (nSPS) is 26.4. The minimum atomic E-state index is -0.652. The van der Waals surface area contributed by atoms with Crippen LogP contribution in [0.15, 0.2) is 47.5 Å². The molecule has 1 aliphatic heterocycles. The minimum absolute atomic E-state index is 0.00404. The van der Waals surface area contributed by atoms with E-state index in [9.17, 15) is 20.1 Å². The third-order valence-corrected chi connectivity index (χ3v) is 12.1. The van der Waals surface area contributed by atoms with E-state index in [4.69, 9.17) is 14.2 Å². The molecule has 7 N–H and O–H groups in total. The Labute approximate surface area is 339 Å². The zero-order chi connectivity index (χ0) is 41.0. The predicted octanol–water partition coefficient (Wildman–Crippen LogP) is 5.90. The fourth-order valence-electron chi connectivity index (χ4n) is 8.91. The summed E-state index contributed by atoms with van der Waals surface area (Å²) in [5.41, 5.74) is 1.16. The lowest BCUT2D eigenvalue weighted by Crippen LogP contribution is -2.42. The number of guanidine groups is 1. The summed E-state index contributed by atoms with van der Waals surface area (Å²) in [4.78, 5) is 19.0. The molecule has 6 atom stereocenters. The highest BCUT2D eigenvalue weighted by Crippen LogP contribution is 2.49. The number of carbonyl (C=O) groups excluding carboxylic acids is 1. The highest BCUT2D eigenvalue weighted by molar-refractivity contribution is 5.97. The standard InChI is InChI=1S/C45H65N5O7/c1-30(2)35-12-14-41(53)45(26-33-11-13-38(52)39(23-33)55-6)17-7-9-36(45)10-8-19-49-43(47-5)50-37-22-34(21-35)24-40(42(37)54)57-44(28-46-4)18-15-32(25-44)16-20-56-29-48-27-31(3)51/h11-14,22-24,30-32,35-36,46,48,51-52,54H,7,9-10,15-18,20-21,25-29H2,1-6H3,(H2,47,49,50). The van der Waals surface area contributed by atoms with Crippen molar-refractivity contribution in [3.63, 3.8) is 0 Å². The number of nitrogens with zero attached hydrogens (tertiary/aromatic N) is 1. The van der Waals surface area contributed by atoms with Gasteiger partial charge in [0.2, 0.25) is 5.96 Å². The van der Waals surface area contributed by atoms with Gasteiger partial charge in [0, 0.05) is 44.6 Å². The van der Waals surface area contributed by atoms with Crippen LogP contribution in [0.25, 0.3) is 0 Å². The number of hydrogen-bond donors (Lipinski definition) is 7. The van der Waals surface area contributed by atoms with E-state index < -0.39 is 17.1 Å². The maximum atomic E-state index is 14.6. The maximum absolute atomic E-state index is 14.6. The molecule has 2 fully saturated rings. The third-order valence-electron chi connectivity index (χ3n) is 12.1. The highest BCUT2D eigenvalue weighted by Gasteiger charge is 2.47. The molecule has 2 aromatic carbocycles. The Kier molecular flexibility index (Phi) is 15.7. The summed E-state index contributed by atoms with van der Waals surface area (Å²) in [7, 11) is 5.11. The molecule has 57 heavy (non-hydrogen) atoms. The van der Waals surface area contributed by atoms with E-state index in [1.165, 1.54) is 7.11 Å². The Bertz CT molecular complexity index is 1780. The first-order valence-corrected chi connectivity index (χ1v) is 20.6. The highest BCUT2D eigenvalue weighted by atomic mass is 16.5. The number of nitrogens with one attached hydrogen (secondary N) is 4. The quantitative estimate of drug-likeness (QED) is 0.0498. The molecule has 3 aliphatic rings. The average molecular weight is 788 g/mol. The molecule has 2 aliphatic carbocycles. The van der Waals surface area contributed by atoms with E-state index in [1.807, 2.05) is 37.4 Å². The van der Waals surface area contributed by atoms with Gasteiger partial charge in [-0.05, 0) is 130 Å². The number of aliphatic imine (C=N–C) groups is 1. The Morgan fingerprint density at radius 2 is 1.93 bits per heavy atom. The van der Waals surface area contributed by atoms with Crippen LogP contribution in [-0.4, -0.2) is 86.4 Å². The van der Waals surface area contributed by atoms with Crippen LogP contribution in [0.5, 0.6) is 23.0 Å². The number of aliphatic hydroxyl groups excluding tert-OH is 1. The number of phenols is 2. The van der Waals surface area contributed by atoms with Crippen molar-refractivity contribution in [2.75, 3.05) is 52.9 Å². The maximum Gasteiger partial charge on any atom is 0.207 e. The second-order valence-corrected chi connectivity index (χ2v) is 16.7. The van der Waals surface area contributed by atoms with Gasteiger partial charge in [0.25, 0.3) is 0 Å². The molecular formula is C45H65N5O7. The summed E-state index contributed by atoms with van der Waals surface area (Å²) in [6, 6.07) is 12.3. The molecule has 2 aromatic rings. The zero-order valence-electron chi connectivity index (χ0n) is 34.7. The lowest BCUT2D eigenvalue weighted by molar-refractivity contribution is -0.125. The van der Waals surface area contributed by atoms with E-state index in [0.717, 1.165) is 56.1 Å². The van der Waals surface area contributed by atoms with Crippen molar-refractivity contribution < 1.29 is 34.3 Å². The lowest BCUT2D eigenvalue weighted by Gasteiger charge is -2.33. The fraction of sp³-hybridized carbons (Fsp3) is 0.600. The van der Waals surface area contributed by atoms with Gasteiger partial charge in [-0.15, -0.1) is 0 Å². The Morgan fingerprint density at radius 3 is 2.67 bits per heavy atom. The van der Waals surface area contributed by atoms with Gasteiger partial charge in [0.15, 0.2) is 28.8 Å². The van der Waals surface area contributed by atoms with E-state index >= 15 is 0 Å². The number of methoxy groups -OCH3 is 1. The van der Waals surface area contributed by atoms with Crippen LogP contribution in [0.2, 0.25) is 0 Å². The molecule has 0 aromatic heterocycles. The zero-order valence-corrected chi connectivity index (χ0v) is 34.7. The largest absolute Gasteiger partial charge is 0.504 e. The van der Waals surface area contributed by atoms with Gasteiger partial charge in [-0.2, -0.15) is 0 Å². The van der Waals surface area contributed by atoms with E-state index in [2.05, 4.69) is 58.1 Å². The second-order valence-electron chi connectivity index (χ2n) is 16.7.